The highest BCUT2D eigenvalue weighted by Crippen LogP contribution is 2.19. The Bertz CT molecular complexity index is 367. The van der Waals surface area contributed by atoms with Crippen LogP contribution in [0, 0.1) is 0 Å². The molecule has 1 saturated heterocycles. The normalized spacial score (nSPS) is 20.8. The van der Waals surface area contributed by atoms with Gasteiger partial charge in [0.15, 0.2) is 0 Å². The van der Waals surface area contributed by atoms with Gasteiger partial charge in [0.05, 0.1) is 6.61 Å². The summed E-state index contributed by atoms with van der Waals surface area (Å²) in [6, 6.07) is 9.32. The van der Waals surface area contributed by atoms with Gasteiger partial charge in [0.1, 0.15) is 0 Å². The molecule has 3 heteroatoms. The molecule has 0 aromatic heterocycles. The van der Waals surface area contributed by atoms with Gasteiger partial charge in [-0.1, -0.05) is 19.1 Å². The summed E-state index contributed by atoms with van der Waals surface area (Å²) < 4.78 is 5.21. The maximum absolute atomic E-state index is 5.21. The van der Waals surface area contributed by atoms with Crippen LogP contribution in [0.5, 0.6) is 0 Å². The van der Waals surface area contributed by atoms with Crippen LogP contribution in [-0.2, 0) is 11.3 Å². The van der Waals surface area contributed by atoms with Crippen molar-refractivity contribution in [3.05, 3.63) is 29.8 Å². The van der Waals surface area contributed by atoms with Crippen LogP contribution in [0.25, 0.3) is 0 Å². The molecule has 1 fully saturated rings. The molecular weight excluding hydrogens is 224 g/mol. The topological polar surface area (TPSA) is 24.5 Å². The van der Waals surface area contributed by atoms with Gasteiger partial charge in [-0.25, -0.2) is 0 Å². The Kier molecular flexibility index (Phi) is 5.02. The fraction of sp³-hybridized carbons (Fsp3) is 0.600. The lowest BCUT2D eigenvalue weighted by Crippen LogP contribution is -2.37. The van der Waals surface area contributed by atoms with E-state index in [1.807, 2.05) is 0 Å². The van der Waals surface area contributed by atoms with Crippen LogP contribution in [0.15, 0.2) is 24.3 Å². The van der Waals surface area contributed by atoms with Crippen molar-refractivity contribution in [1.29, 1.82) is 0 Å². The summed E-state index contributed by atoms with van der Waals surface area (Å²) in [6.45, 7) is 6.32. The summed E-state index contributed by atoms with van der Waals surface area (Å²) in [5, 5.41) is 3.60. The van der Waals surface area contributed by atoms with Crippen LogP contribution in [-0.4, -0.2) is 32.8 Å². The highest BCUT2D eigenvalue weighted by molar-refractivity contribution is 5.49. The van der Waals surface area contributed by atoms with E-state index in [0.29, 0.717) is 12.6 Å². The summed E-state index contributed by atoms with van der Waals surface area (Å²) in [5.41, 5.74) is 2.58. The fourth-order valence-electron chi connectivity index (χ4n) is 2.52. The second kappa shape index (κ2) is 6.76. The molecular formula is C15H24N2O. The van der Waals surface area contributed by atoms with E-state index in [1.54, 1.807) is 7.11 Å². The molecule has 1 aliphatic heterocycles. The predicted molar refractivity (Wildman–Crippen MR) is 76.1 cm³/mol. The van der Waals surface area contributed by atoms with Crippen LogP contribution in [0.4, 0.5) is 5.69 Å². The SMILES string of the molecule is CCC1CN(c2cccc(COC)c2)CCCN1. The van der Waals surface area contributed by atoms with Gasteiger partial charge >= 0.3 is 0 Å². The lowest BCUT2D eigenvalue weighted by molar-refractivity contribution is 0.185. The van der Waals surface area contributed by atoms with Gasteiger partial charge in [0.25, 0.3) is 0 Å². The lowest BCUT2D eigenvalue weighted by atomic mass is 10.1. The minimum atomic E-state index is 0.610. The summed E-state index contributed by atoms with van der Waals surface area (Å²) in [4.78, 5) is 2.49. The van der Waals surface area contributed by atoms with Crippen molar-refractivity contribution in [3.8, 4) is 0 Å². The Hall–Kier alpha value is -1.06. The van der Waals surface area contributed by atoms with Gasteiger partial charge in [-0.3, -0.25) is 0 Å². The van der Waals surface area contributed by atoms with Crippen molar-refractivity contribution in [2.75, 3.05) is 31.6 Å². The summed E-state index contributed by atoms with van der Waals surface area (Å²) in [6.07, 6.45) is 2.40. The number of nitrogens with one attached hydrogen (secondary N) is 1. The first-order valence-electron chi connectivity index (χ1n) is 6.89. The Balaban J connectivity index is 2.10. The molecule has 1 aromatic carbocycles. The largest absolute Gasteiger partial charge is 0.380 e. The van der Waals surface area contributed by atoms with Crippen molar-refractivity contribution >= 4 is 5.69 Å². The van der Waals surface area contributed by atoms with E-state index in [-0.39, 0.29) is 0 Å². The van der Waals surface area contributed by atoms with Crippen molar-refractivity contribution in [2.45, 2.75) is 32.4 Å². The van der Waals surface area contributed by atoms with Gasteiger partial charge in [0, 0.05) is 31.9 Å². The second-order valence-corrected chi connectivity index (χ2v) is 4.96. The minimum absolute atomic E-state index is 0.610. The van der Waals surface area contributed by atoms with Crippen LogP contribution < -0.4 is 10.2 Å². The van der Waals surface area contributed by atoms with Crippen molar-refractivity contribution in [3.63, 3.8) is 0 Å². The standard InChI is InChI=1S/C15H24N2O/c1-3-14-11-17(9-5-8-16-14)15-7-4-6-13(10-15)12-18-2/h4,6-7,10,14,16H,3,5,8-9,11-12H2,1-2H3. The van der Waals surface area contributed by atoms with Gasteiger partial charge in [-0.15, -0.1) is 0 Å². The molecule has 1 aliphatic rings. The molecule has 0 aliphatic carbocycles. The molecule has 18 heavy (non-hydrogen) atoms. The van der Waals surface area contributed by atoms with E-state index in [1.165, 1.54) is 24.1 Å². The average molecular weight is 248 g/mol. The molecule has 100 valence electrons. The Labute approximate surface area is 110 Å². The number of nitrogens with zero attached hydrogens (tertiary/aromatic N) is 1. The maximum atomic E-state index is 5.21. The fourth-order valence-corrected chi connectivity index (χ4v) is 2.52. The van der Waals surface area contributed by atoms with Gasteiger partial charge in [-0.05, 0) is 37.1 Å². The number of ether oxygens (including phenoxy) is 1. The number of hydrogen-bond acceptors (Lipinski definition) is 3. The van der Waals surface area contributed by atoms with Crippen molar-refractivity contribution < 1.29 is 4.74 Å². The van der Waals surface area contributed by atoms with Crippen LogP contribution in [0.3, 0.4) is 0 Å². The highest BCUT2D eigenvalue weighted by Gasteiger charge is 2.16. The molecule has 0 saturated carbocycles. The van der Waals surface area contributed by atoms with Crippen molar-refractivity contribution in [2.24, 2.45) is 0 Å². The molecule has 1 N–H and O–H groups in total. The van der Waals surface area contributed by atoms with E-state index in [2.05, 4.69) is 41.4 Å². The first kappa shape index (κ1) is 13.4. The van der Waals surface area contributed by atoms with E-state index in [0.717, 1.165) is 19.6 Å². The zero-order valence-corrected chi connectivity index (χ0v) is 11.5. The number of benzene rings is 1. The van der Waals surface area contributed by atoms with Gasteiger partial charge < -0.3 is 15.0 Å². The quantitative estimate of drug-likeness (QED) is 0.885. The second-order valence-electron chi connectivity index (χ2n) is 4.96. The highest BCUT2D eigenvalue weighted by atomic mass is 16.5. The zero-order chi connectivity index (χ0) is 12.8. The molecule has 2 rings (SSSR count). The van der Waals surface area contributed by atoms with E-state index >= 15 is 0 Å². The third-order valence-electron chi connectivity index (χ3n) is 3.56. The van der Waals surface area contributed by atoms with E-state index in [9.17, 15) is 0 Å². The summed E-state index contributed by atoms with van der Waals surface area (Å²) >= 11 is 0. The summed E-state index contributed by atoms with van der Waals surface area (Å²) in [5.74, 6) is 0. The minimum Gasteiger partial charge on any atom is -0.380 e. The number of methoxy groups -OCH3 is 1. The smallest absolute Gasteiger partial charge is 0.0713 e. The third-order valence-corrected chi connectivity index (χ3v) is 3.56. The molecule has 0 amide bonds. The molecule has 0 spiro atoms. The monoisotopic (exact) mass is 248 g/mol. The number of hydrogen-bond donors (Lipinski definition) is 1. The first-order chi connectivity index (χ1) is 8.83. The molecule has 1 heterocycles. The molecule has 0 bridgehead atoms. The van der Waals surface area contributed by atoms with E-state index < -0.39 is 0 Å². The molecule has 3 nitrogen and oxygen atoms in total. The van der Waals surface area contributed by atoms with E-state index in [4.69, 9.17) is 4.74 Å². The summed E-state index contributed by atoms with van der Waals surface area (Å²) in [7, 11) is 1.75. The van der Waals surface area contributed by atoms with Gasteiger partial charge in [0.2, 0.25) is 0 Å². The Morgan fingerprint density at radius 2 is 2.33 bits per heavy atom. The first-order valence-corrected chi connectivity index (χ1v) is 6.89. The van der Waals surface area contributed by atoms with Crippen LogP contribution in [0.2, 0.25) is 0 Å². The van der Waals surface area contributed by atoms with Crippen molar-refractivity contribution in [1.82, 2.24) is 5.32 Å². The van der Waals surface area contributed by atoms with Gasteiger partial charge in [-0.2, -0.15) is 0 Å². The third kappa shape index (κ3) is 3.47. The number of anilines is 1. The Morgan fingerprint density at radius 1 is 1.44 bits per heavy atom. The van der Waals surface area contributed by atoms with Crippen LogP contribution >= 0.6 is 0 Å². The maximum Gasteiger partial charge on any atom is 0.0713 e. The molecule has 1 aromatic rings. The predicted octanol–water partition coefficient (Wildman–Crippen LogP) is 2.41. The molecule has 0 radical (unpaired) electrons. The van der Waals surface area contributed by atoms with Crippen LogP contribution in [0.1, 0.15) is 25.3 Å². The zero-order valence-electron chi connectivity index (χ0n) is 11.5. The molecule has 1 unspecified atom stereocenters. The average Bonchev–Trinajstić information content (AvgIpc) is 2.65. The number of rotatable bonds is 4. The lowest BCUT2D eigenvalue weighted by Gasteiger charge is -2.26. The Morgan fingerprint density at radius 3 is 3.11 bits per heavy atom. The molecule has 1 atom stereocenters.